The third kappa shape index (κ3) is 11.1. The van der Waals surface area contributed by atoms with Crippen LogP contribution in [0.5, 0.6) is 0 Å². The van der Waals surface area contributed by atoms with Crippen molar-refractivity contribution in [1.29, 1.82) is 0 Å². The Kier molecular flexibility index (Phi) is 18.3. The molecule has 1 aliphatic heterocycles. The molecule has 36 heavy (non-hydrogen) atoms. The zero-order chi connectivity index (χ0) is 27.7. The van der Waals surface area contributed by atoms with Gasteiger partial charge in [0.25, 0.3) is 0 Å². The number of fused-ring (bicyclic) bond motifs is 1. The fraction of sp³-hybridized carbons (Fsp3) is 0.576. The van der Waals surface area contributed by atoms with Crippen LogP contribution in [0.2, 0.25) is 0 Å². The lowest BCUT2D eigenvalue weighted by atomic mass is 9.87. The molecule has 0 saturated carbocycles. The average molecular weight is 516 g/mol. The first-order valence-corrected chi connectivity index (χ1v) is 14.1. The van der Waals surface area contributed by atoms with E-state index in [1.165, 1.54) is 34.3 Å². The lowest BCUT2D eigenvalue weighted by Gasteiger charge is -2.33. The highest BCUT2D eigenvalue weighted by molar-refractivity contribution is 6.32. The minimum Gasteiger partial charge on any atom is -0.299 e. The fourth-order valence-corrected chi connectivity index (χ4v) is 4.83. The van der Waals surface area contributed by atoms with Crippen molar-refractivity contribution >= 4 is 11.6 Å². The molecule has 0 amide bonds. The predicted molar refractivity (Wildman–Crippen MR) is 160 cm³/mol. The van der Waals surface area contributed by atoms with Gasteiger partial charge in [-0.15, -0.1) is 18.9 Å². The van der Waals surface area contributed by atoms with Crippen molar-refractivity contribution < 1.29 is 4.39 Å². The fourth-order valence-electron chi connectivity index (χ4n) is 4.51. The highest BCUT2D eigenvalue weighted by atomic mass is 35.5. The molecule has 0 aromatic heterocycles. The number of alkyl halides is 1. The molecule has 2 aliphatic rings. The number of nitrogens with zero attached hydrogens (tertiary/aromatic N) is 1. The smallest absolute Gasteiger partial charge is 0.0999 e. The van der Waals surface area contributed by atoms with Gasteiger partial charge >= 0.3 is 0 Å². The third-order valence-corrected chi connectivity index (χ3v) is 7.43. The summed E-state index contributed by atoms with van der Waals surface area (Å²) in [5, 5.41) is 0.943. The molecule has 0 fully saturated rings. The molecule has 0 saturated heterocycles. The molecule has 1 aromatic rings. The highest BCUT2D eigenvalue weighted by Crippen LogP contribution is 2.32. The number of likely N-dealkylation sites (N-methyl/N-ethyl adjacent to an activating group) is 1. The van der Waals surface area contributed by atoms with Gasteiger partial charge in [0.15, 0.2) is 0 Å². The van der Waals surface area contributed by atoms with Crippen LogP contribution in [0.4, 0.5) is 4.39 Å². The summed E-state index contributed by atoms with van der Waals surface area (Å²) in [5.74, 6) is 2.40. The first-order chi connectivity index (χ1) is 17.2. The van der Waals surface area contributed by atoms with Crippen LogP contribution in [0.25, 0.3) is 0 Å². The number of terminal acetylenes is 1. The largest absolute Gasteiger partial charge is 0.299 e. The van der Waals surface area contributed by atoms with E-state index in [1.807, 2.05) is 26.8 Å². The van der Waals surface area contributed by atoms with Gasteiger partial charge in [0.05, 0.1) is 6.17 Å². The number of aryl methyl sites for hydroxylation is 1. The molecule has 3 atom stereocenters. The first-order valence-electron chi connectivity index (χ1n) is 13.7. The minimum atomic E-state index is -0.704. The van der Waals surface area contributed by atoms with E-state index in [4.69, 9.17) is 11.6 Å². The molecule has 0 spiro atoms. The van der Waals surface area contributed by atoms with Crippen LogP contribution in [0.3, 0.4) is 0 Å². The number of hydrogen-bond acceptors (Lipinski definition) is 1. The molecular weight excluding hydrogens is 465 g/mol. The van der Waals surface area contributed by atoms with Crippen molar-refractivity contribution in [3.8, 4) is 12.3 Å². The second-order valence-electron chi connectivity index (χ2n) is 9.39. The molecule has 1 heterocycles. The molecule has 0 N–H and O–H groups in total. The molecule has 1 nitrogen and oxygen atoms in total. The summed E-state index contributed by atoms with van der Waals surface area (Å²) in [4.78, 5) is 2.40. The Hall–Kier alpha value is -1.82. The Balaban J connectivity index is 0.000000618. The van der Waals surface area contributed by atoms with E-state index in [9.17, 15) is 4.39 Å². The van der Waals surface area contributed by atoms with E-state index in [2.05, 4.69) is 69.0 Å². The molecule has 3 heteroatoms. The zero-order valence-electron chi connectivity index (χ0n) is 24.3. The summed E-state index contributed by atoms with van der Waals surface area (Å²) in [6.07, 6.45) is 15.3. The van der Waals surface area contributed by atoms with E-state index < -0.39 is 6.17 Å². The number of rotatable bonds is 7. The van der Waals surface area contributed by atoms with Crippen molar-refractivity contribution in [3.05, 3.63) is 69.8 Å². The molecule has 3 unspecified atom stereocenters. The summed E-state index contributed by atoms with van der Waals surface area (Å²) in [5.41, 5.74) is 7.23. The van der Waals surface area contributed by atoms with Crippen molar-refractivity contribution in [1.82, 2.24) is 4.90 Å². The van der Waals surface area contributed by atoms with Gasteiger partial charge in [-0.2, -0.15) is 0 Å². The van der Waals surface area contributed by atoms with Crippen molar-refractivity contribution in [2.75, 3.05) is 13.6 Å². The van der Waals surface area contributed by atoms with Gasteiger partial charge < -0.3 is 0 Å². The Morgan fingerprint density at radius 3 is 2.47 bits per heavy atom. The molecule has 3 rings (SSSR count). The predicted octanol–water partition coefficient (Wildman–Crippen LogP) is 10.0. The standard InChI is InChI=1S/C17H26FN.C11H15Cl.C3H4.C2H6/c1-12(13(2)18)8-9-15-6-5-7-16-14(3)19(4)11-10-17(15)16;1-3-6-10-9(4-2)7-5-8-11(10)12;1-3-2;1-2/h5-7,12-14H,8-11H2,1-4H3;3,8H,1,4-7H2,2H3;1H,2H3;1-2H3. The van der Waals surface area contributed by atoms with E-state index in [-0.39, 0.29) is 5.92 Å². The van der Waals surface area contributed by atoms with Crippen molar-refractivity contribution in [2.24, 2.45) is 5.92 Å². The second kappa shape index (κ2) is 19.3. The molecule has 202 valence electrons. The Morgan fingerprint density at radius 1 is 1.28 bits per heavy atom. The molecule has 1 aromatic carbocycles. The van der Waals surface area contributed by atoms with Gasteiger partial charge in [-0.3, -0.25) is 4.90 Å². The van der Waals surface area contributed by atoms with Crippen LogP contribution in [0.1, 0.15) is 103 Å². The van der Waals surface area contributed by atoms with Crippen LogP contribution in [0, 0.1) is 18.3 Å². The summed E-state index contributed by atoms with van der Waals surface area (Å²) in [7, 11) is 2.19. The monoisotopic (exact) mass is 515 g/mol. The van der Waals surface area contributed by atoms with Crippen LogP contribution in [-0.2, 0) is 12.8 Å². The van der Waals surface area contributed by atoms with Crippen LogP contribution < -0.4 is 0 Å². The van der Waals surface area contributed by atoms with Gasteiger partial charge in [-0.1, -0.05) is 75.2 Å². The first kappa shape index (κ1) is 34.2. The van der Waals surface area contributed by atoms with Crippen LogP contribution in [0.15, 0.2) is 53.1 Å². The number of hydrogen-bond donors (Lipinski definition) is 0. The molecule has 0 bridgehead atoms. The third-order valence-electron chi connectivity index (χ3n) is 7.05. The topological polar surface area (TPSA) is 3.24 Å². The maximum atomic E-state index is 13.2. The van der Waals surface area contributed by atoms with Crippen LogP contribution in [-0.4, -0.2) is 24.7 Å². The van der Waals surface area contributed by atoms with Gasteiger partial charge in [-0.05, 0) is 101 Å². The number of allylic oxidation sites excluding steroid dienone is 5. The normalized spacial score (nSPS) is 18.4. The molecule has 1 aliphatic carbocycles. The van der Waals surface area contributed by atoms with E-state index in [1.54, 1.807) is 13.8 Å². The summed E-state index contributed by atoms with van der Waals surface area (Å²) in [6.45, 7) is 18.7. The zero-order valence-corrected chi connectivity index (χ0v) is 25.0. The second-order valence-corrected chi connectivity index (χ2v) is 9.80. The van der Waals surface area contributed by atoms with Crippen molar-refractivity contribution in [2.45, 2.75) is 106 Å². The summed E-state index contributed by atoms with van der Waals surface area (Å²) < 4.78 is 13.2. The average Bonchev–Trinajstić information content (AvgIpc) is 2.88. The maximum absolute atomic E-state index is 13.2. The van der Waals surface area contributed by atoms with E-state index in [0.717, 1.165) is 50.1 Å². The van der Waals surface area contributed by atoms with Crippen molar-refractivity contribution in [3.63, 3.8) is 0 Å². The Bertz CT molecular complexity index is 874. The summed E-state index contributed by atoms with van der Waals surface area (Å²) in [6, 6.07) is 7.14. The Morgan fingerprint density at radius 2 is 1.92 bits per heavy atom. The maximum Gasteiger partial charge on any atom is 0.0999 e. The van der Waals surface area contributed by atoms with E-state index in [0.29, 0.717) is 6.04 Å². The number of halogens is 2. The summed E-state index contributed by atoms with van der Waals surface area (Å²) >= 11 is 6.09. The van der Waals surface area contributed by atoms with Crippen LogP contribution >= 0.6 is 11.6 Å². The SMILES string of the molecule is C#CC.C=CCC1=C(CC)CCC=C1Cl.CC.CC(F)C(C)CCc1cccc2c1CCN(C)C2C. The minimum absolute atomic E-state index is 0.152. The molecule has 0 radical (unpaired) electrons. The number of benzene rings is 1. The Labute approximate surface area is 227 Å². The van der Waals surface area contributed by atoms with Gasteiger partial charge in [0.2, 0.25) is 0 Å². The quantitative estimate of drug-likeness (QED) is 0.258. The van der Waals surface area contributed by atoms with E-state index >= 15 is 0 Å². The lowest BCUT2D eigenvalue weighted by molar-refractivity contribution is 0.244. The molecular formula is C33H51ClFN. The van der Waals surface area contributed by atoms with Gasteiger partial charge in [0.1, 0.15) is 0 Å². The van der Waals surface area contributed by atoms with Gasteiger partial charge in [-0.25, -0.2) is 4.39 Å². The lowest BCUT2D eigenvalue weighted by Crippen LogP contribution is -2.31. The van der Waals surface area contributed by atoms with Gasteiger partial charge in [0, 0.05) is 17.6 Å². The highest BCUT2D eigenvalue weighted by Gasteiger charge is 2.22.